The standard InChI is InChI=1S/C22H21F2N7O3/c1-3-14(26-19(32)10-18-27-22-25-12(2)8-21(34)31(22)29-18)11-30-20(33)7-6-17(28-30)13-4-5-15(23)16(24)9-13/h4-9,14H,3,10-11H2,1-2H3,(H,26,32)(H,25,27,29)/t14-/m1/s1. The Morgan fingerprint density at radius 1 is 1.09 bits per heavy atom. The molecule has 1 atom stereocenters. The summed E-state index contributed by atoms with van der Waals surface area (Å²) in [7, 11) is 0. The van der Waals surface area contributed by atoms with Crippen molar-refractivity contribution in [3.8, 4) is 11.3 Å². The fraction of sp³-hybridized carbons (Fsp3) is 0.273. The van der Waals surface area contributed by atoms with Crippen molar-refractivity contribution >= 4 is 11.7 Å². The number of rotatable bonds is 7. The lowest BCUT2D eigenvalue weighted by Crippen LogP contribution is -2.41. The fourth-order valence-electron chi connectivity index (χ4n) is 3.42. The largest absolute Gasteiger partial charge is 0.351 e. The van der Waals surface area contributed by atoms with E-state index in [1.807, 2.05) is 6.92 Å². The highest BCUT2D eigenvalue weighted by Crippen LogP contribution is 2.18. The van der Waals surface area contributed by atoms with E-state index in [4.69, 9.17) is 0 Å². The molecule has 0 radical (unpaired) electrons. The molecule has 3 aromatic heterocycles. The summed E-state index contributed by atoms with van der Waals surface area (Å²) in [5, 5.41) is 9.81. The second-order valence-electron chi connectivity index (χ2n) is 7.76. The second kappa shape index (κ2) is 9.33. The van der Waals surface area contributed by atoms with E-state index in [2.05, 4.69) is 25.5 Å². The van der Waals surface area contributed by atoms with Crippen LogP contribution >= 0.6 is 0 Å². The van der Waals surface area contributed by atoms with Crippen molar-refractivity contribution in [3.05, 3.63) is 80.3 Å². The van der Waals surface area contributed by atoms with E-state index in [0.717, 1.165) is 16.6 Å². The summed E-state index contributed by atoms with van der Waals surface area (Å²) in [5.41, 5.74) is 0.377. The van der Waals surface area contributed by atoms with Crippen molar-refractivity contribution in [2.24, 2.45) is 0 Å². The van der Waals surface area contributed by atoms with Crippen molar-refractivity contribution in [1.29, 1.82) is 0 Å². The van der Waals surface area contributed by atoms with Crippen LogP contribution < -0.4 is 16.4 Å². The average molecular weight is 469 g/mol. The molecule has 0 saturated heterocycles. The Hall–Kier alpha value is -4.22. The van der Waals surface area contributed by atoms with E-state index in [0.29, 0.717) is 17.7 Å². The van der Waals surface area contributed by atoms with Crippen LogP contribution in [0.4, 0.5) is 8.78 Å². The Morgan fingerprint density at radius 2 is 1.88 bits per heavy atom. The normalized spacial score (nSPS) is 12.1. The van der Waals surface area contributed by atoms with Gasteiger partial charge in [0.25, 0.3) is 16.9 Å². The van der Waals surface area contributed by atoms with Gasteiger partial charge in [-0.15, -0.1) is 0 Å². The van der Waals surface area contributed by atoms with Gasteiger partial charge in [-0.3, -0.25) is 19.5 Å². The summed E-state index contributed by atoms with van der Waals surface area (Å²) >= 11 is 0. The van der Waals surface area contributed by atoms with E-state index < -0.39 is 23.2 Å². The number of aromatic amines is 1. The predicted octanol–water partition coefficient (Wildman–Crippen LogP) is 1.37. The van der Waals surface area contributed by atoms with Crippen molar-refractivity contribution in [3.63, 3.8) is 0 Å². The Kier molecular flexibility index (Phi) is 6.30. The first-order valence-electron chi connectivity index (χ1n) is 10.5. The zero-order chi connectivity index (χ0) is 24.4. The molecule has 4 rings (SSSR count). The third-order valence-corrected chi connectivity index (χ3v) is 5.17. The molecule has 0 spiro atoms. The molecule has 12 heteroatoms. The molecule has 34 heavy (non-hydrogen) atoms. The molecule has 3 heterocycles. The lowest BCUT2D eigenvalue weighted by Gasteiger charge is -2.18. The minimum absolute atomic E-state index is 0.0684. The number of hydrogen-bond acceptors (Lipinski definition) is 6. The molecular weight excluding hydrogens is 448 g/mol. The van der Waals surface area contributed by atoms with Gasteiger partial charge in [-0.2, -0.15) is 14.6 Å². The van der Waals surface area contributed by atoms with E-state index in [1.54, 1.807) is 6.92 Å². The van der Waals surface area contributed by atoms with Gasteiger partial charge in [-0.05, 0) is 37.6 Å². The van der Waals surface area contributed by atoms with Crippen LogP contribution in [0.5, 0.6) is 0 Å². The number of benzene rings is 1. The third-order valence-electron chi connectivity index (χ3n) is 5.17. The lowest BCUT2D eigenvalue weighted by molar-refractivity contribution is -0.121. The maximum Gasteiger partial charge on any atom is 0.274 e. The van der Waals surface area contributed by atoms with Crippen LogP contribution in [0.3, 0.4) is 0 Å². The molecule has 1 amide bonds. The van der Waals surface area contributed by atoms with Crippen molar-refractivity contribution in [1.82, 2.24) is 34.7 Å². The molecule has 1 aromatic carbocycles. The number of aromatic nitrogens is 6. The monoisotopic (exact) mass is 469 g/mol. The van der Waals surface area contributed by atoms with Crippen LogP contribution in [0, 0.1) is 18.6 Å². The molecule has 0 aliphatic heterocycles. The van der Waals surface area contributed by atoms with Crippen molar-refractivity contribution in [2.75, 3.05) is 0 Å². The predicted molar refractivity (Wildman–Crippen MR) is 118 cm³/mol. The van der Waals surface area contributed by atoms with Crippen LogP contribution in [-0.2, 0) is 17.8 Å². The average Bonchev–Trinajstić information content (AvgIpc) is 3.19. The van der Waals surface area contributed by atoms with Gasteiger partial charge < -0.3 is 5.32 Å². The van der Waals surface area contributed by atoms with E-state index >= 15 is 0 Å². The highest BCUT2D eigenvalue weighted by molar-refractivity contribution is 5.78. The number of halogens is 2. The third kappa shape index (κ3) is 4.90. The number of nitrogens with one attached hydrogen (secondary N) is 2. The molecule has 0 saturated carbocycles. The number of carbonyl (C=O) groups excluding carboxylic acids is 1. The minimum Gasteiger partial charge on any atom is -0.351 e. The molecule has 0 unspecified atom stereocenters. The summed E-state index contributed by atoms with van der Waals surface area (Å²) in [6.07, 6.45) is 0.366. The van der Waals surface area contributed by atoms with Gasteiger partial charge in [0.05, 0.1) is 18.7 Å². The first-order chi connectivity index (χ1) is 16.2. The first-order valence-corrected chi connectivity index (χ1v) is 10.5. The van der Waals surface area contributed by atoms with Gasteiger partial charge in [0.2, 0.25) is 5.91 Å². The Labute approximate surface area is 191 Å². The van der Waals surface area contributed by atoms with Crippen LogP contribution in [0.1, 0.15) is 24.9 Å². The SMILES string of the molecule is CC[C@H](Cn1nc(-c2ccc(F)c(F)c2)ccc1=O)NC(=O)Cc1nc2nc(C)cc(=O)n2[nH]1. The number of aryl methyl sites for hydroxylation is 1. The maximum atomic E-state index is 13.6. The topological polar surface area (TPSA) is 127 Å². The van der Waals surface area contributed by atoms with Gasteiger partial charge in [0.15, 0.2) is 11.6 Å². The van der Waals surface area contributed by atoms with Gasteiger partial charge in [0.1, 0.15) is 5.82 Å². The first kappa shape index (κ1) is 23.0. The summed E-state index contributed by atoms with van der Waals surface area (Å²) in [6, 6.07) is 6.96. The lowest BCUT2D eigenvalue weighted by atomic mass is 10.1. The number of carbonyl (C=O) groups is 1. The van der Waals surface area contributed by atoms with E-state index in [-0.39, 0.29) is 41.7 Å². The number of fused-ring (bicyclic) bond motifs is 1. The maximum absolute atomic E-state index is 13.6. The molecule has 2 N–H and O–H groups in total. The molecule has 0 fully saturated rings. The zero-order valence-corrected chi connectivity index (χ0v) is 18.4. The number of nitrogens with zero attached hydrogens (tertiary/aromatic N) is 5. The summed E-state index contributed by atoms with van der Waals surface area (Å²) < 4.78 is 29.1. The molecule has 176 valence electrons. The van der Waals surface area contributed by atoms with Gasteiger partial charge in [-0.25, -0.2) is 18.4 Å². The van der Waals surface area contributed by atoms with Crippen LogP contribution in [0.2, 0.25) is 0 Å². The van der Waals surface area contributed by atoms with Crippen LogP contribution in [-0.4, -0.2) is 41.3 Å². The summed E-state index contributed by atoms with van der Waals surface area (Å²) in [6.45, 7) is 3.58. The molecule has 0 bridgehead atoms. The minimum atomic E-state index is -1.02. The molecule has 0 aliphatic rings. The summed E-state index contributed by atoms with van der Waals surface area (Å²) in [4.78, 5) is 45.2. The Balaban J connectivity index is 1.48. The highest BCUT2D eigenvalue weighted by atomic mass is 19.2. The van der Waals surface area contributed by atoms with Gasteiger partial charge in [0, 0.05) is 29.4 Å². The Bertz CT molecular complexity index is 1490. The fourth-order valence-corrected chi connectivity index (χ4v) is 3.42. The smallest absolute Gasteiger partial charge is 0.274 e. The van der Waals surface area contributed by atoms with E-state index in [9.17, 15) is 23.2 Å². The Morgan fingerprint density at radius 3 is 2.62 bits per heavy atom. The van der Waals surface area contributed by atoms with Gasteiger partial charge >= 0.3 is 0 Å². The van der Waals surface area contributed by atoms with Crippen LogP contribution in [0.25, 0.3) is 17.0 Å². The molecule has 0 aliphatic carbocycles. The number of H-pyrrole nitrogens is 1. The number of hydrogen-bond donors (Lipinski definition) is 2. The van der Waals surface area contributed by atoms with Crippen molar-refractivity contribution < 1.29 is 13.6 Å². The van der Waals surface area contributed by atoms with Crippen molar-refractivity contribution in [2.45, 2.75) is 39.3 Å². The quantitative estimate of drug-likeness (QED) is 0.421. The zero-order valence-electron chi connectivity index (χ0n) is 18.4. The molecule has 4 aromatic rings. The second-order valence-corrected chi connectivity index (χ2v) is 7.76. The van der Waals surface area contributed by atoms with E-state index in [1.165, 1.54) is 28.9 Å². The molecular formula is C22H21F2N7O3. The summed E-state index contributed by atoms with van der Waals surface area (Å²) in [5.74, 6) is -1.94. The van der Waals surface area contributed by atoms with Crippen LogP contribution in [0.15, 0.2) is 46.0 Å². The molecule has 10 nitrogen and oxygen atoms in total. The highest BCUT2D eigenvalue weighted by Gasteiger charge is 2.16. The van der Waals surface area contributed by atoms with Gasteiger partial charge in [-0.1, -0.05) is 6.92 Å². The number of amides is 1.